The maximum atomic E-state index is 11.9. The van der Waals surface area contributed by atoms with Crippen LogP contribution in [0.3, 0.4) is 0 Å². The van der Waals surface area contributed by atoms with E-state index >= 15 is 0 Å². The molecule has 1 unspecified atom stereocenters. The minimum atomic E-state index is -0.396. The second kappa shape index (κ2) is 2.97. The first kappa shape index (κ1) is 8.73. The van der Waals surface area contributed by atoms with Crippen LogP contribution in [0.25, 0.3) is 0 Å². The molecule has 0 saturated carbocycles. The monoisotopic (exact) mass is 205 g/mol. The van der Waals surface area contributed by atoms with Crippen molar-refractivity contribution in [2.75, 3.05) is 25.2 Å². The van der Waals surface area contributed by atoms with Crippen molar-refractivity contribution in [3.8, 4) is 5.75 Å². The molecule has 0 radical (unpaired) electrons. The van der Waals surface area contributed by atoms with Crippen LogP contribution in [0.1, 0.15) is 10.4 Å². The molecule has 1 atom stereocenters. The van der Waals surface area contributed by atoms with Crippen LogP contribution >= 0.6 is 0 Å². The zero-order valence-electron chi connectivity index (χ0n) is 8.40. The highest BCUT2D eigenvalue weighted by atomic mass is 16.5. The smallest absolute Gasteiger partial charge is 0.214 e. The Balaban J connectivity index is 2.11. The minimum Gasteiger partial charge on any atom is -0.497 e. The average molecular weight is 205 g/mol. The average Bonchev–Trinajstić information content (AvgIpc) is 2.83. The topological polar surface area (TPSA) is 38.8 Å². The van der Waals surface area contributed by atoms with E-state index in [9.17, 15) is 4.79 Å². The van der Waals surface area contributed by atoms with Gasteiger partial charge < -0.3 is 14.4 Å². The Morgan fingerprint density at radius 1 is 1.53 bits per heavy atom. The van der Waals surface area contributed by atoms with Crippen molar-refractivity contribution in [2.24, 2.45) is 0 Å². The summed E-state index contributed by atoms with van der Waals surface area (Å²) in [6, 6.07) is 5.56. The van der Waals surface area contributed by atoms with Gasteiger partial charge >= 0.3 is 0 Å². The Hall–Kier alpha value is -1.55. The summed E-state index contributed by atoms with van der Waals surface area (Å²) in [4.78, 5) is 13.9. The second-order valence-electron chi connectivity index (χ2n) is 3.66. The van der Waals surface area contributed by atoms with E-state index in [4.69, 9.17) is 9.47 Å². The Bertz CT molecular complexity index is 430. The normalized spacial score (nSPS) is 22.9. The van der Waals surface area contributed by atoms with Crippen LogP contribution in [0, 0.1) is 0 Å². The molecule has 1 aromatic carbocycles. The third-order valence-corrected chi connectivity index (χ3v) is 2.89. The fraction of sp³-hybridized carbons (Fsp3) is 0.364. The van der Waals surface area contributed by atoms with Crippen molar-refractivity contribution in [3.05, 3.63) is 23.8 Å². The number of carbonyl (C=O) groups excluding carboxylic acids is 1. The molecule has 1 aromatic rings. The van der Waals surface area contributed by atoms with Gasteiger partial charge in [0.05, 0.1) is 19.4 Å². The quantitative estimate of drug-likeness (QED) is 0.687. The molecule has 78 valence electrons. The van der Waals surface area contributed by atoms with E-state index in [1.807, 2.05) is 17.0 Å². The maximum Gasteiger partial charge on any atom is 0.214 e. The first-order valence-corrected chi connectivity index (χ1v) is 4.92. The predicted octanol–water partition coefficient (Wildman–Crippen LogP) is 1.05. The highest BCUT2D eigenvalue weighted by Crippen LogP contribution is 2.36. The molecule has 4 nitrogen and oxygen atoms in total. The number of hydrogen-bond acceptors (Lipinski definition) is 4. The summed E-state index contributed by atoms with van der Waals surface area (Å²) in [5.41, 5.74) is 1.67. The van der Waals surface area contributed by atoms with Crippen molar-refractivity contribution in [1.82, 2.24) is 0 Å². The number of carbonyl (C=O) groups is 1. The summed E-state index contributed by atoms with van der Waals surface area (Å²) in [6.45, 7) is 1.41. The van der Waals surface area contributed by atoms with Crippen LogP contribution in [0.5, 0.6) is 5.75 Å². The summed E-state index contributed by atoms with van der Waals surface area (Å²) in [7, 11) is 1.60. The van der Waals surface area contributed by atoms with Crippen LogP contribution in [0.2, 0.25) is 0 Å². The molecule has 0 aliphatic carbocycles. The number of fused-ring (bicyclic) bond motifs is 3. The zero-order valence-corrected chi connectivity index (χ0v) is 8.40. The number of ether oxygens (including phenoxy) is 2. The number of benzene rings is 1. The lowest BCUT2D eigenvalue weighted by Crippen LogP contribution is -2.29. The van der Waals surface area contributed by atoms with Gasteiger partial charge in [-0.05, 0) is 18.2 Å². The van der Waals surface area contributed by atoms with Crippen molar-refractivity contribution in [1.29, 1.82) is 0 Å². The minimum absolute atomic E-state index is 0.0430. The lowest BCUT2D eigenvalue weighted by Gasteiger charge is -2.14. The molecule has 0 bridgehead atoms. The molecule has 0 N–H and O–H groups in total. The number of anilines is 1. The third-order valence-electron chi connectivity index (χ3n) is 2.89. The van der Waals surface area contributed by atoms with Gasteiger partial charge in [0.15, 0.2) is 6.23 Å². The predicted molar refractivity (Wildman–Crippen MR) is 54.4 cm³/mol. The number of rotatable bonds is 1. The molecule has 15 heavy (non-hydrogen) atoms. The summed E-state index contributed by atoms with van der Waals surface area (Å²) in [6.07, 6.45) is -0.396. The van der Waals surface area contributed by atoms with Gasteiger partial charge in [-0.2, -0.15) is 0 Å². The van der Waals surface area contributed by atoms with Gasteiger partial charge in [0.2, 0.25) is 5.78 Å². The number of hydrogen-bond donors (Lipinski definition) is 0. The molecule has 3 rings (SSSR count). The van der Waals surface area contributed by atoms with Gasteiger partial charge in [-0.25, -0.2) is 0 Å². The van der Waals surface area contributed by atoms with E-state index < -0.39 is 6.23 Å². The van der Waals surface area contributed by atoms with E-state index in [0.717, 1.165) is 12.2 Å². The highest BCUT2D eigenvalue weighted by molar-refractivity contribution is 6.10. The first-order valence-electron chi connectivity index (χ1n) is 4.92. The zero-order chi connectivity index (χ0) is 10.4. The maximum absolute atomic E-state index is 11.9. The molecular weight excluding hydrogens is 194 g/mol. The lowest BCUT2D eigenvalue weighted by molar-refractivity contribution is 0.0673. The summed E-state index contributed by atoms with van der Waals surface area (Å²) >= 11 is 0. The number of ketones is 1. The van der Waals surface area contributed by atoms with Crippen molar-refractivity contribution in [3.63, 3.8) is 0 Å². The van der Waals surface area contributed by atoms with Gasteiger partial charge in [-0.3, -0.25) is 4.79 Å². The Labute approximate surface area is 87.4 Å². The van der Waals surface area contributed by atoms with E-state index in [2.05, 4.69) is 0 Å². The molecule has 0 amide bonds. The lowest BCUT2D eigenvalue weighted by atomic mass is 10.1. The largest absolute Gasteiger partial charge is 0.497 e. The molecule has 1 saturated heterocycles. The summed E-state index contributed by atoms with van der Waals surface area (Å²) in [5, 5.41) is 0. The van der Waals surface area contributed by atoms with Crippen LogP contribution < -0.4 is 9.64 Å². The summed E-state index contributed by atoms with van der Waals surface area (Å²) in [5.74, 6) is 0.754. The van der Waals surface area contributed by atoms with Crippen molar-refractivity contribution in [2.45, 2.75) is 6.23 Å². The van der Waals surface area contributed by atoms with Gasteiger partial charge in [-0.15, -0.1) is 0 Å². The Morgan fingerprint density at radius 3 is 3.20 bits per heavy atom. The van der Waals surface area contributed by atoms with Gasteiger partial charge in [0.25, 0.3) is 0 Å². The SMILES string of the molecule is COc1ccc2c(c1)C(=O)C1OCCN21. The van der Waals surface area contributed by atoms with Crippen molar-refractivity contribution >= 4 is 11.5 Å². The van der Waals surface area contributed by atoms with Crippen LogP contribution in [-0.2, 0) is 4.74 Å². The molecular formula is C11H11NO3. The Morgan fingerprint density at radius 2 is 2.40 bits per heavy atom. The van der Waals surface area contributed by atoms with Crippen LogP contribution in [0.15, 0.2) is 18.2 Å². The van der Waals surface area contributed by atoms with Crippen molar-refractivity contribution < 1.29 is 14.3 Å². The molecule has 0 aromatic heterocycles. The van der Waals surface area contributed by atoms with Gasteiger partial charge in [0, 0.05) is 12.1 Å². The second-order valence-corrected chi connectivity index (χ2v) is 3.66. The fourth-order valence-electron chi connectivity index (χ4n) is 2.16. The Kier molecular flexibility index (Phi) is 1.73. The number of Topliss-reactive ketones (excluding diaryl/α,β-unsaturated/α-hetero) is 1. The van der Waals surface area contributed by atoms with Crippen LogP contribution in [-0.4, -0.2) is 32.3 Å². The first-order chi connectivity index (χ1) is 7.31. The fourth-order valence-corrected chi connectivity index (χ4v) is 2.16. The van der Waals surface area contributed by atoms with Gasteiger partial charge in [-0.1, -0.05) is 0 Å². The van der Waals surface area contributed by atoms with Crippen LogP contribution in [0.4, 0.5) is 5.69 Å². The standard InChI is InChI=1S/C11H11NO3/c1-14-7-2-3-9-8(6-7)10(13)11-12(9)4-5-15-11/h2-3,6,11H,4-5H2,1H3. The van der Waals surface area contributed by atoms with E-state index in [-0.39, 0.29) is 5.78 Å². The molecule has 1 fully saturated rings. The van der Waals surface area contributed by atoms with E-state index in [0.29, 0.717) is 17.9 Å². The van der Waals surface area contributed by atoms with E-state index in [1.165, 1.54) is 0 Å². The highest BCUT2D eigenvalue weighted by Gasteiger charge is 2.41. The number of methoxy groups -OCH3 is 1. The molecule has 0 spiro atoms. The molecule has 2 aliphatic rings. The third kappa shape index (κ3) is 1.08. The molecule has 2 heterocycles. The number of nitrogens with zero attached hydrogens (tertiary/aromatic N) is 1. The van der Waals surface area contributed by atoms with Gasteiger partial charge in [0.1, 0.15) is 5.75 Å². The van der Waals surface area contributed by atoms with E-state index in [1.54, 1.807) is 13.2 Å². The summed E-state index contributed by atoms with van der Waals surface area (Å²) < 4.78 is 10.5. The molecule has 4 heteroatoms. The molecule has 2 aliphatic heterocycles.